The van der Waals surface area contributed by atoms with E-state index in [1.54, 1.807) is 0 Å². The molecular weight excluding hydrogens is 897 g/mol. The molecule has 0 heterocycles. The molecule has 4 aromatic carbocycles. The van der Waals surface area contributed by atoms with Crippen molar-refractivity contribution >= 4 is 23.8 Å². The van der Waals surface area contributed by atoms with Crippen molar-refractivity contribution in [2.24, 2.45) is 10.8 Å². The maximum absolute atomic E-state index is 12.8. The van der Waals surface area contributed by atoms with Crippen LogP contribution < -0.4 is 9.47 Å². The zero-order valence-corrected chi connectivity index (χ0v) is 44.9. The number of aryl methyl sites for hydroxylation is 4. The first-order valence-corrected chi connectivity index (χ1v) is 24.5. The standard InChI is InChI=1S/2C29H41NO5.CH4/c2*1-9-29(10-2,21-11-13-23(19(3)15-21)27(34)30(8)17-26(32)33)22-12-14-24(20(4)16-22)35-18-25(31)28(5,6)7;/h2*11-16,25,31H,9-10,17-18H2,1-8H3,(H,32,33);1H4/t2*25-;/m10./s1. The Balaban J connectivity index is 0.000000480. The number of hydrogen-bond donors (Lipinski definition) is 4. The summed E-state index contributed by atoms with van der Waals surface area (Å²) >= 11 is 0. The molecule has 392 valence electrons. The highest BCUT2D eigenvalue weighted by Crippen LogP contribution is 2.43. The maximum Gasteiger partial charge on any atom is 0.323 e. The Kier molecular flexibility index (Phi) is 22.1. The molecule has 0 saturated carbocycles. The van der Waals surface area contributed by atoms with Gasteiger partial charge in [0.25, 0.3) is 11.8 Å². The summed E-state index contributed by atoms with van der Waals surface area (Å²) in [5.41, 5.74) is 8.28. The van der Waals surface area contributed by atoms with Gasteiger partial charge in [-0.05, 0) is 133 Å². The smallest absolute Gasteiger partial charge is 0.323 e. The molecule has 0 saturated heterocycles. The van der Waals surface area contributed by atoms with Crippen molar-refractivity contribution in [3.05, 3.63) is 128 Å². The van der Waals surface area contributed by atoms with Gasteiger partial charge >= 0.3 is 11.9 Å². The third-order valence-electron chi connectivity index (χ3n) is 14.1. The molecule has 0 radical (unpaired) electrons. The molecule has 0 aliphatic carbocycles. The molecule has 0 unspecified atom stereocenters. The van der Waals surface area contributed by atoms with Gasteiger partial charge in [-0.1, -0.05) is 125 Å². The molecule has 0 fully saturated rings. The van der Waals surface area contributed by atoms with E-state index in [2.05, 4.69) is 52.0 Å². The van der Waals surface area contributed by atoms with Crippen LogP contribution in [0.5, 0.6) is 11.5 Å². The van der Waals surface area contributed by atoms with Crippen LogP contribution in [0.15, 0.2) is 72.8 Å². The van der Waals surface area contributed by atoms with E-state index in [1.807, 2.05) is 118 Å². The molecular formula is C59H86N2O10. The number of carboxylic acid groups (broad SMARTS) is 2. The van der Waals surface area contributed by atoms with E-state index in [-0.39, 0.29) is 67.2 Å². The van der Waals surface area contributed by atoms with Gasteiger partial charge < -0.3 is 39.7 Å². The Bertz CT molecular complexity index is 2270. The minimum Gasteiger partial charge on any atom is -0.491 e. The number of nitrogens with zero attached hydrogens (tertiary/aromatic N) is 2. The lowest BCUT2D eigenvalue weighted by Crippen LogP contribution is -2.32. The molecule has 12 nitrogen and oxygen atoms in total. The van der Waals surface area contributed by atoms with Crippen molar-refractivity contribution in [1.29, 1.82) is 0 Å². The minimum absolute atomic E-state index is 0. The van der Waals surface area contributed by atoms with Crippen molar-refractivity contribution in [3.63, 3.8) is 0 Å². The second-order valence-electron chi connectivity index (χ2n) is 21.1. The number of aliphatic hydroxyl groups excluding tert-OH is 2. The molecule has 0 spiro atoms. The van der Waals surface area contributed by atoms with E-state index >= 15 is 0 Å². The van der Waals surface area contributed by atoms with Gasteiger partial charge in [-0.15, -0.1) is 0 Å². The Labute approximate surface area is 425 Å². The number of hydrogen-bond acceptors (Lipinski definition) is 8. The summed E-state index contributed by atoms with van der Waals surface area (Å²) in [5.74, 6) is -1.16. The molecule has 2 atom stereocenters. The Morgan fingerprint density at radius 3 is 0.986 bits per heavy atom. The van der Waals surface area contributed by atoms with Crippen LogP contribution in [0.1, 0.15) is 168 Å². The van der Waals surface area contributed by atoms with Crippen molar-refractivity contribution in [1.82, 2.24) is 9.80 Å². The van der Waals surface area contributed by atoms with Gasteiger partial charge in [0.05, 0.1) is 12.2 Å². The summed E-state index contributed by atoms with van der Waals surface area (Å²) in [7, 11) is 3.00. The average Bonchev–Trinajstić information content (AvgIpc) is 3.28. The molecule has 0 bridgehead atoms. The number of carboxylic acids is 2. The molecule has 0 aliphatic rings. The lowest BCUT2D eigenvalue weighted by Gasteiger charge is -2.34. The molecule has 4 N–H and O–H groups in total. The zero-order valence-electron chi connectivity index (χ0n) is 44.9. The van der Waals surface area contributed by atoms with E-state index in [0.717, 1.165) is 70.6 Å². The predicted molar refractivity (Wildman–Crippen MR) is 285 cm³/mol. The number of aliphatic hydroxyl groups is 2. The fourth-order valence-corrected chi connectivity index (χ4v) is 8.89. The minimum atomic E-state index is -1.04. The summed E-state index contributed by atoms with van der Waals surface area (Å²) in [6.45, 7) is 28.2. The number of amides is 2. The number of ether oxygens (including phenoxy) is 2. The fraction of sp³-hybridized carbons (Fsp3) is 0.525. The summed E-state index contributed by atoms with van der Waals surface area (Å²) in [4.78, 5) is 50.0. The molecule has 12 heteroatoms. The predicted octanol–water partition coefficient (Wildman–Crippen LogP) is 11.3. The Morgan fingerprint density at radius 1 is 0.493 bits per heavy atom. The van der Waals surface area contributed by atoms with Gasteiger partial charge in [0.1, 0.15) is 37.8 Å². The Morgan fingerprint density at radius 2 is 0.761 bits per heavy atom. The number of carbonyl (C=O) groups excluding carboxylic acids is 2. The SMILES string of the molecule is C.CCC(CC)(c1ccc(OC[C@@H](O)C(C)(C)C)c(C)c1)c1ccc(C(=O)N(C)CC(=O)O)c(C)c1.CCC(CC)(c1ccc(OC[C@H](O)C(C)(C)C)c(C)c1)c1ccc(C(=O)N(C)CC(=O)O)c(C)c1. The van der Waals surface area contributed by atoms with Crippen LogP contribution >= 0.6 is 0 Å². The van der Waals surface area contributed by atoms with Gasteiger partial charge in [-0.3, -0.25) is 19.2 Å². The van der Waals surface area contributed by atoms with Crippen LogP contribution in [-0.4, -0.2) is 107 Å². The van der Waals surface area contributed by atoms with E-state index < -0.39 is 24.1 Å². The third-order valence-corrected chi connectivity index (χ3v) is 14.1. The summed E-state index contributed by atoms with van der Waals surface area (Å²) < 4.78 is 11.9. The summed E-state index contributed by atoms with van der Waals surface area (Å²) in [6.07, 6.45) is 2.36. The van der Waals surface area contributed by atoms with Crippen molar-refractivity contribution < 1.29 is 49.1 Å². The van der Waals surface area contributed by atoms with Crippen molar-refractivity contribution in [2.75, 3.05) is 40.4 Å². The fourth-order valence-electron chi connectivity index (χ4n) is 8.89. The second-order valence-corrected chi connectivity index (χ2v) is 21.1. The van der Waals surface area contributed by atoms with Crippen LogP contribution in [0.25, 0.3) is 0 Å². The quantitative estimate of drug-likeness (QED) is 0.0667. The Hall–Kier alpha value is -5.72. The topological polar surface area (TPSA) is 174 Å². The zero-order chi connectivity index (χ0) is 53.1. The van der Waals surface area contributed by atoms with Crippen LogP contribution in [0, 0.1) is 38.5 Å². The number of aliphatic carboxylic acids is 2. The lowest BCUT2D eigenvalue weighted by molar-refractivity contribution is -0.138. The molecule has 0 aliphatic heterocycles. The van der Waals surface area contributed by atoms with Crippen LogP contribution in [0.2, 0.25) is 0 Å². The van der Waals surface area contributed by atoms with Crippen LogP contribution in [0.3, 0.4) is 0 Å². The molecule has 71 heavy (non-hydrogen) atoms. The number of likely N-dealkylation sites (N-methyl/N-ethyl adjacent to an activating group) is 2. The highest BCUT2D eigenvalue weighted by Gasteiger charge is 2.34. The second kappa shape index (κ2) is 25.6. The van der Waals surface area contributed by atoms with Gasteiger partial charge in [-0.2, -0.15) is 0 Å². The van der Waals surface area contributed by atoms with Crippen LogP contribution in [-0.2, 0) is 20.4 Å². The first-order chi connectivity index (χ1) is 32.5. The van der Waals surface area contributed by atoms with E-state index in [9.17, 15) is 29.4 Å². The number of carbonyl (C=O) groups is 4. The molecule has 4 rings (SSSR count). The summed E-state index contributed by atoms with van der Waals surface area (Å²) in [6, 6.07) is 24.1. The first-order valence-electron chi connectivity index (χ1n) is 24.5. The van der Waals surface area contributed by atoms with Gasteiger partial charge in [-0.25, -0.2) is 0 Å². The third kappa shape index (κ3) is 15.2. The van der Waals surface area contributed by atoms with Gasteiger partial charge in [0, 0.05) is 36.1 Å². The molecule has 0 aromatic heterocycles. The first kappa shape index (κ1) is 61.4. The van der Waals surface area contributed by atoms with Gasteiger partial charge in [0.15, 0.2) is 0 Å². The van der Waals surface area contributed by atoms with Gasteiger partial charge in [0.2, 0.25) is 0 Å². The highest BCUT2D eigenvalue weighted by molar-refractivity contribution is 5.97. The molecule has 2 amide bonds. The van der Waals surface area contributed by atoms with E-state index in [1.165, 1.54) is 35.0 Å². The normalized spacial score (nSPS) is 12.6. The van der Waals surface area contributed by atoms with E-state index in [0.29, 0.717) is 11.1 Å². The average molecular weight is 983 g/mol. The molecule has 4 aromatic rings. The summed E-state index contributed by atoms with van der Waals surface area (Å²) in [5, 5.41) is 38.7. The largest absolute Gasteiger partial charge is 0.491 e. The van der Waals surface area contributed by atoms with Crippen molar-refractivity contribution in [2.45, 2.75) is 153 Å². The number of rotatable bonds is 20. The maximum atomic E-state index is 12.8. The van der Waals surface area contributed by atoms with E-state index in [4.69, 9.17) is 19.7 Å². The van der Waals surface area contributed by atoms with Crippen LogP contribution in [0.4, 0.5) is 0 Å². The monoisotopic (exact) mass is 983 g/mol. The number of benzene rings is 4. The highest BCUT2D eigenvalue weighted by atomic mass is 16.5. The lowest BCUT2D eigenvalue weighted by atomic mass is 9.70. The van der Waals surface area contributed by atoms with Crippen molar-refractivity contribution in [3.8, 4) is 11.5 Å².